The molecule has 8 heteroatoms. The molecule has 27 heavy (non-hydrogen) atoms. The average molecular weight is 374 g/mol. The third-order valence-corrected chi connectivity index (χ3v) is 4.50. The van der Waals surface area contributed by atoms with E-state index in [1.807, 2.05) is 54.6 Å². The first-order valence-corrected chi connectivity index (χ1v) is 8.61. The number of benzene rings is 2. The number of anilines is 1. The van der Waals surface area contributed by atoms with Crippen LogP contribution >= 0.6 is 11.6 Å². The van der Waals surface area contributed by atoms with Crippen molar-refractivity contribution in [3.63, 3.8) is 0 Å². The van der Waals surface area contributed by atoms with Crippen molar-refractivity contribution < 1.29 is 0 Å². The minimum Gasteiger partial charge on any atom is -0.338 e. The molecule has 5 rings (SSSR count). The largest absolute Gasteiger partial charge is 0.338 e. The zero-order valence-corrected chi connectivity index (χ0v) is 14.6. The highest BCUT2D eigenvalue weighted by molar-refractivity contribution is 6.32. The molecule has 0 fully saturated rings. The number of rotatable bonds is 3. The molecule has 0 aliphatic heterocycles. The van der Waals surface area contributed by atoms with E-state index >= 15 is 0 Å². The summed E-state index contributed by atoms with van der Waals surface area (Å²) in [6.45, 7) is 0. The minimum atomic E-state index is 0.287. The van der Waals surface area contributed by atoms with Gasteiger partial charge in [0, 0.05) is 21.9 Å². The van der Waals surface area contributed by atoms with Gasteiger partial charge < -0.3 is 4.98 Å². The van der Waals surface area contributed by atoms with Crippen LogP contribution in [-0.2, 0) is 0 Å². The Morgan fingerprint density at radius 2 is 1.85 bits per heavy atom. The number of para-hydroxylation sites is 2. The summed E-state index contributed by atoms with van der Waals surface area (Å²) in [6.07, 6.45) is 1.58. The fraction of sp³-hybridized carbons (Fsp3) is 0. The predicted molar refractivity (Wildman–Crippen MR) is 107 cm³/mol. The van der Waals surface area contributed by atoms with Crippen molar-refractivity contribution in [1.29, 1.82) is 0 Å². The van der Waals surface area contributed by atoms with Crippen LogP contribution < -0.4 is 5.43 Å². The lowest BCUT2D eigenvalue weighted by Gasteiger charge is -2.02. The van der Waals surface area contributed by atoms with Gasteiger partial charge in [0.2, 0.25) is 0 Å². The smallest absolute Gasteiger partial charge is 0.265 e. The van der Waals surface area contributed by atoms with E-state index in [1.54, 1.807) is 6.21 Å². The monoisotopic (exact) mass is 373 g/mol. The van der Waals surface area contributed by atoms with Gasteiger partial charge in [0.25, 0.3) is 5.95 Å². The van der Waals surface area contributed by atoms with Gasteiger partial charge in [0.05, 0.1) is 11.7 Å². The molecule has 0 spiro atoms. The zero-order chi connectivity index (χ0) is 18.2. The molecule has 7 nitrogen and oxygen atoms in total. The van der Waals surface area contributed by atoms with Crippen LogP contribution in [-0.4, -0.2) is 31.4 Å². The van der Waals surface area contributed by atoms with E-state index in [-0.39, 0.29) is 5.95 Å². The lowest BCUT2D eigenvalue weighted by Crippen LogP contribution is -1.99. The SMILES string of the molecule is Clc1nc2ccccc2cc1C=NNc1nnc2c(n1)[nH]c1ccccc12. The van der Waals surface area contributed by atoms with Crippen LogP contribution in [0.5, 0.6) is 0 Å². The zero-order valence-electron chi connectivity index (χ0n) is 13.9. The lowest BCUT2D eigenvalue weighted by molar-refractivity contribution is 1.01. The molecule has 0 amide bonds. The van der Waals surface area contributed by atoms with E-state index in [4.69, 9.17) is 11.6 Å². The van der Waals surface area contributed by atoms with Gasteiger partial charge in [-0.3, -0.25) is 0 Å². The Labute approximate surface area is 158 Å². The number of nitrogens with zero attached hydrogens (tertiary/aromatic N) is 5. The molecule has 0 unspecified atom stereocenters. The van der Waals surface area contributed by atoms with Crippen LogP contribution in [0.4, 0.5) is 5.95 Å². The second-order valence-electron chi connectivity index (χ2n) is 5.93. The van der Waals surface area contributed by atoms with Crippen LogP contribution in [0.2, 0.25) is 5.15 Å². The fourth-order valence-electron chi connectivity index (χ4n) is 2.93. The van der Waals surface area contributed by atoms with Crippen molar-refractivity contribution in [2.24, 2.45) is 5.10 Å². The van der Waals surface area contributed by atoms with E-state index < -0.39 is 0 Å². The van der Waals surface area contributed by atoms with Gasteiger partial charge in [-0.2, -0.15) is 10.1 Å². The topological polar surface area (TPSA) is 91.7 Å². The van der Waals surface area contributed by atoms with E-state index in [0.717, 1.165) is 27.3 Å². The molecule has 130 valence electrons. The number of hydrogen-bond donors (Lipinski definition) is 2. The van der Waals surface area contributed by atoms with Crippen molar-refractivity contribution in [1.82, 2.24) is 25.1 Å². The molecule has 0 aliphatic carbocycles. The first-order valence-electron chi connectivity index (χ1n) is 8.23. The number of fused-ring (bicyclic) bond motifs is 4. The molecule has 0 saturated heterocycles. The molecule has 2 N–H and O–H groups in total. The molecule has 0 saturated carbocycles. The number of halogens is 1. The Kier molecular flexibility index (Phi) is 3.65. The van der Waals surface area contributed by atoms with E-state index in [9.17, 15) is 0 Å². The van der Waals surface area contributed by atoms with Gasteiger partial charge in [-0.1, -0.05) is 48.0 Å². The molecular formula is C19H12ClN7. The molecule has 0 bridgehead atoms. The fourth-order valence-corrected chi connectivity index (χ4v) is 3.12. The van der Waals surface area contributed by atoms with Crippen LogP contribution in [0.15, 0.2) is 59.7 Å². The summed E-state index contributed by atoms with van der Waals surface area (Å²) < 4.78 is 0. The van der Waals surface area contributed by atoms with Crippen molar-refractivity contribution in [3.05, 3.63) is 65.3 Å². The number of aromatic nitrogens is 5. The van der Waals surface area contributed by atoms with Crippen LogP contribution in [0, 0.1) is 0 Å². The number of nitrogens with one attached hydrogen (secondary N) is 2. The number of hydrazone groups is 1. The summed E-state index contributed by atoms with van der Waals surface area (Å²) in [4.78, 5) is 12.0. The summed E-state index contributed by atoms with van der Waals surface area (Å²) in [7, 11) is 0. The number of pyridine rings is 1. The highest BCUT2D eigenvalue weighted by Crippen LogP contribution is 2.22. The molecule has 0 aliphatic rings. The van der Waals surface area contributed by atoms with Gasteiger partial charge >= 0.3 is 0 Å². The van der Waals surface area contributed by atoms with E-state index in [2.05, 4.69) is 35.7 Å². The summed E-state index contributed by atoms with van der Waals surface area (Å²) in [6, 6.07) is 17.5. The number of aromatic amines is 1. The third kappa shape index (κ3) is 2.84. The number of H-pyrrole nitrogens is 1. The molecule has 3 aromatic heterocycles. The Balaban J connectivity index is 1.43. The van der Waals surface area contributed by atoms with E-state index in [1.165, 1.54) is 0 Å². The molecule has 0 radical (unpaired) electrons. The van der Waals surface area contributed by atoms with Crippen molar-refractivity contribution >= 4 is 56.7 Å². The Morgan fingerprint density at radius 1 is 1.00 bits per heavy atom. The van der Waals surface area contributed by atoms with Crippen molar-refractivity contribution in [2.45, 2.75) is 0 Å². The normalized spacial score (nSPS) is 11.7. The summed E-state index contributed by atoms with van der Waals surface area (Å²) >= 11 is 6.23. The van der Waals surface area contributed by atoms with Gasteiger partial charge in [0.1, 0.15) is 10.7 Å². The maximum Gasteiger partial charge on any atom is 0.265 e. The quantitative estimate of drug-likeness (QED) is 0.281. The minimum absolute atomic E-state index is 0.287. The van der Waals surface area contributed by atoms with Gasteiger partial charge in [0.15, 0.2) is 5.65 Å². The van der Waals surface area contributed by atoms with Gasteiger partial charge in [-0.05, 0) is 18.2 Å². The Bertz CT molecular complexity index is 1330. The Morgan fingerprint density at radius 3 is 2.81 bits per heavy atom. The maximum atomic E-state index is 6.23. The predicted octanol–water partition coefficient (Wildman–Crippen LogP) is 4.15. The average Bonchev–Trinajstić information content (AvgIpc) is 3.06. The first kappa shape index (κ1) is 15.7. The van der Waals surface area contributed by atoms with Gasteiger partial charge in [-0.25, -0.2) is 10.4 Å². The van der Waals surface area contributed by atoms with Crippen molar-refractivity contribution in [3.8, 4) is 0 Å². The van der Waals surface area contributed by atoms with Crippen LogP contribution in [0.3, 0.4) is 0 Å². The molecule has 3 heterocycles. The van der Waals surface area contributed by atoms with Crippen LogP contribution in [0.1, 0.15) is 5.56 Å². The second-order valence-corrected chi connectivity index (χ2v) is 6.29. The van der Waals surface area contributed by atoms with Crippen LogP contribution in [0.25, 0.3) is 33.0 Å². The summed E-state index contributed by atoms with van der Waals surface area (Å²) in [5.41, 5.74) is 6.65. The van der Waals surface area contributed by atoms with Gasteiger partial charge in [-0.15, -0.1) is 10.2 Å². The summed E-state index contributed by atoms with van der Waals surface area (Å²) in [5, 5.41) is 14.8. The first-order chi connectivity index (χ1) is 13.3. The summed E-state index contributed by atoms with van der Waals surface area (Å²) in [5.74, 6) is 0.287. The lowest BCUT2D eigenvalue weighted by atomic mass is 10.2. The standard InChI is InChI=1S/C19H12ClN7/c20-17-12(9-11-5-1-3-7-14(11)22-17)10-21-26-19-24-18-16(25-27-19)13-6-2-4-8-15(13)23-18/h1-10H,(H2,23,24,26,27). The molecule has 5 aromatic rings. The highest BCUT2D eigenvalue weighted by atomic mass is 35.5. The van der Waals surface area contributed by atoms with E-state index in [0.29, 0.717) is 16.4 Å². The Hall–Kier alpha value is -3.58. The van der Waals surface area contributed by atoms with Crippen molar-refractivity contribution in [2.75, 3.05) is 5.43 Å². The second kappa shape index (κ2) is 6.30. The third-order valence-electron chi connectivity index (χ3n) is 4.19. The molecule has 2 aromatic carbocycles. The molecular weight excluding hydrogens is 362 g/mol. The number of hydrogen-bond acceptors (Lipinski definition) is 6. The molecule has 0 atom stereocenters. The highest BCUT2D eigenvalue weighted by Gasteiger charge is 2.08. The maximum absolute atomic E-state index is 6.23.